The van der Waals surface area contributed by atoms with Crippen LogP contribution >= 0.6 is 23.2 Å². The van der Waals surface area contributed by atoms with E-state index in [-0.39, 0.29) is 5.41 Å². The minimum Gasteiger partial charge on any atom is -0.316 e. The topological polar surface area (TPSA) is 12.0 Å². The highest BCUT2D eigenvalue weighted by atomic mass is 35.5. The van der Waals surface area contributed by atoms with Crippen LogP contribution in [0.5, 0.6) is 0 Å². The quantitative estimate of drug-likeness (QED) is 0.761. The van der Waals surface area contributed by atoms with Crippen molar-refractivity contribution < 1.29 is 0 Å². The zero-order valence-corrected chi connectivity index (χ0v) is 14.4. The molecule has 0 aromatic heterocycles. The van der Waals surface area contributed by atoms with E-state index >= 15 is 0 Å². The molecular formula is C18H25Cl2N. The number of rotatable bonds is 4. The lowest BCUT2D eigenvalue weighted by Crippen LogP contribution is -2.55. The minimum atomic E-state index is 0.142. The highest BCUT2D eigenvalue weighted by molar-refractivity contribution is 6.36. The molecule has 0 amide bonds. The third kappa shape index (κ3) is 2.85. The maximum absolute atomic E-state index is 6.52. The Bertz CT molecular complexity index is 478. The Morgan fingerprint density at radius 2 is 1.67 bits per heavy atom. The highest BCUT2D eigenvalue weighted by Crippen LogP contribution is 2.63. The third-order valence-corrected chi connectivity index (χ3v) is 6.18. The summed E-state index contributed by atoms with van der Waals surface area (Å²) in [5, 5.41) is 5.23. The lowest BCUT2D eigenvalue weighted by Gasteiger charge is -2.59. The fourth-order valence-electron chi connectivity index (χ4n) is 4.80. The average Bonchev–Trinajstić information content (AvgIpc) is 2.44. The van der Waals surface area contributed by atoms with E-state index in [0.717, 1.165) is 23.1 Å². The van der Waals surface area contributed by atoms with E-state index in [9.17, 15) is 0 Å². The van der Waals surface area contributed by atoms with Crippen molar-refractivity contribution in [1.82, 2.24) is 5.32 Å². The number of hydrogen-bond donors (Lipinski definition) is 1. The summed E-state index contributed by atoms with van der Waals surface area (Å²) in [6.07, 6.45) is 9.48. The molecule has 1 spiro atoms. The van der Waals surface area contributed by atoms with Crippen LogP contribution < -0.4 is 5.32 Å². The first kappa shape index (κ1) is 15.6. The Labute approximate surface area is 138 Å². The van der Waals surface area contributed by atoms with E-state index < -0.39 is 0 Å². The Kier molecular flexibility index (Phi) is 4.55. The molecular weight excluding hydrogens is 301 g/mol. The molecule has 2 fully saturated rings. The summed E-state index contributed by atoms with van der Waals surface area (Å²) in [6.45, 7) is 4.16. The minimum absolute atomic E-state index is 0.142. The van der Waals surface area contributed by atoms with E-state index in [2.05, 4.69) is 12.2 Å². The van der Waals surface area contributed by atoms with Gasteiger partial charge in [0.2, 0.25) is 0 Å². The van der Waals surface area contributed by atoms with Crippen molar-refractivity contribution in [3.63, 3.8) is 0 Å². The van der Waals surface area contributed by atoms with Crippen LogP contribution in [0.4, 0.5) is 0 Å². The van der Waals surface area contributed by atoms with Crippen molar-refractivity contribution >= 4 is 23.2 Å². The van der Waals surface area contributed by atoms with Crippen LogP contribution in [0.2, 0.25) is 10.0 Å². The van der Waals surface area contributed by atoms with Crippen molar-refractivity contribution in [2.45, 2.75) is 57.3 Å². The largest absolute Gasteiger partial charge is 0.316 e. The molecule has 116 valence electrons. The zero-order valence-electron chi connectivity index (χ0n) is 12.9. The van der Waals surface area contributed by atoms with E-state index in [0.29, 0.717) is 5.41 Å². The first-order valence-electron chi connectivity index (χ1n) is 8.26. The van der Waals surface area contributed by atoms with Gasteiger partial charge < -0.3 is 5.32 Å². The summed E-state index contributed by atoms with van der Waals surface area (Å²) in [5.74, 6) is 0. The van der Waals surface area contributed by atoms with Crippen molar-refractivity contribution in [2.24, 2.45) is 5.41 Å². The second-order valence-corrected chi connectivity index (χ2v) is 7.89. The molecule has 1 N–H and O–H groups in total. The first-order chi connectivity index (χ1) is 10.1. The molecule has 2 aliphatic rings. The summed E-state index contributed by atoms with van der Waals surface area (Å²) < 4.78 is 0. The molecule has 0 heterocycles. The smallest absolute Gasteiger partial charge is 0.0459 e. The highest BCUT2D eigenvalue weighted by Gasteiger charge is 2.55. The SMILES string of the molecule is CCNCC1(c2c(Cl)cccc2Cl)CC2(CCCCC2)C1. The van der Waals surface area contributed by atoms with Crippen LogP contribution in [-0.4, -0.2) is 13.1 Å². The zero-order chi connectivity index (χ0) is 14.9. The van der Waals surface area contributed by atoms with Gasteiger partial charge in [0.1, 0.15) is 0 Å². The van der Waals surface area contributed by atoms with Gasteiger partial charge in [-0.1, -0.05) is 55.5 Å². The molecule has 0 bridgehead atoms. The van der Waals surface area contributed by atoms with E-state index in [1.165, 1.54) is 50.5 Å². The molecule has 3 rings (SSSR count). The normalized spacial score (nSPS) is 23.0. The van der Waals surface area contributed by atoms with Crippen molar-refractivity contribution in [1.29, 1.82) is 0 Å². The van der Waals surface area contributed by atoms with Gasteiger partial charge in [0.15, 0.2) is 0 Å². The molecule has 1 aromatic rings. The Balaban J connectivity index is 1.89. The van der Waals surface area contributed by atoms with Gasteiger partial charge >= 0.3 is 0 Å². The Morgan fingerprint density at radius 3 is 2.24 bits per heavy atom. The van der Waals surface area contributed by atoms with E-state index in [1.807, 2.05) is 18.2 Å². The molecule has 0 aliphatic heterocycles. The summed E-state index contributed by atoms with van der Waals surface area (Å²) >= 11 is 13.0. The molecule has 1 aromatic carbocycles. The molecule has 0 saturated heterocycles. The van der Waals surface area contributed by atoms with Crippen molar-refractivity contribution in [3.8, 4) is 0 Å². The molecule has 3 heteroatoms. The van der Waals surface area contributed by atoms with Gasteiger partial charge in [-0.3, -0.25) is 0 Å². The fourth-order valence-corrected chi connectivity index (χ4v) is 5.60. The van der Waals surface area contributed by atoms with Gasteiger partial charge in [0.25, 0.3) is 0 Å². The molecule has 0 radical (unpaired) electrons. The van der Waals surface area contributed by atoms with Gasteiger partial charge in [-0.05, 0) is 55.3 Å². The Hall–Kier alpha value is -0.240. The second-order valence-electron chi connectivity index (χ2n) is 7.07. The maximum atomic E-state index is 6.52. The van der Waals surface area contributed by atoms with Gasteiger partial charge in [-0.15, -0.1) is 0 Å². The average molecular weight is 326 g/mol. The predicted molar refractivity (Wildman–Crippen MR) is 91.4 cm³/mol. The second kappa shape index (κ2) is 6.10. The number of benzene rings is 1. The third-order valence-electron chi connectivity index (χ3n) is 5.55. The van der Waals surface area contributed by atoms with Gasteiger partial charge in [-0.2, -0.15) is 0 Å². The van der Waals surface area contributed by atoms with Crippen LogP contribution in [0.15, 0.2) is 18.2 Å². The number of likely N-dealkylation sites (N-methyl/N-ethyl adjacent to an activating group) is 1. The monoisotopic (exact) mass is 325 g/mol. The summed E-state index contributed by atoms with van der Waals surface area (Å²) in [7, 11) is 0. The molecule has 2 aliphatic carbocycles. The molecule has 2 saturated carbocycles. The number of nitrogens with one attached hydrogen (secondary N) is 1. The summed E-state index contributed by atoms with van der Waals surface area (Å²) in [4.78, 5) is 0. The molecule has 21 heavy (non-hydrogen) atoms. The van der Waals surface area contributed by atoms with Gasteiger partial charge in [-0.25, -0.2) is 0 Å². The van der Waals surface area contributed by atoms with Crippen LogP contribution in [0.3, 0.4) is 0 Å². The number of halogens is 2. The first-order valence-corrected chi connectivity index (χ1v) is 9.02. The van der Waals surface area contributed by atoms with Crippen molar-refractivity contribution in [2.75, 3.05) is 13.1 Å². The maximum Gasteiger partial charge on any atom is 0.0459 e. The standard InChI is InChI=1S/C18H25Cl2N/c1-2-21-13-18(16-14(19)7-6-8-15(16)20)11-17(12-18)9-4-3-5-10-17/h6-8,21H,2-5,9-13H2,1H3. The van der Waals surface area contributed by atoms with E-state index in [4.69, 9.17) is 23.2 Å². The van der Waals surface area contributed by atoms with E-state index in [1.54, 1.807) is 0 Å². The number of hydrogen-bond acceptors (Lipinski definition) is 1. The Morgan fingerprint density at radius 1 is 1.05 bits per heavy atom. The summed E-state index contributed by atoms with van der Waals surface area (Å²) in [6, 6.07) is 5.93. The van der Waals surface area contributed by atoms with Crippen LogP contribution in [0, 0.1) is 5.41 Å². The van der Waals surface area contributed by atoms with Crippen LogP contribution in [-0.2, 0) is 5.41 Å². The van der Waals surface area contributed by atoms with Crippen LogP contribution in [0.25, 0.3) is 0 Å². The molecule has 0 unspecified atom stereocenters. The molecule has 1 nitrogen and oxygen atoms in total. The van der Waals surface area contributed by atoms with Crippen molar-refractivity contribution in [3.05, 3.63) is 33.8 Å². The molecule has 0 atom stereocenters. The van der Waals surface area contributed by atoms with Gasteiger partial charge in [0, 0.05) is 22.0 Å². The predicted octanol–water partition coefficient (Wildman–Crippen LogP) is 5.59. The fraction of sp³-hybridized carbons (Fsp3) is 0.667. The summed E-state index contributed by atoms with van der Waals surface area (Å²) in [5.41, 5.74) is 1.89. The lowest BCUT2D eigenvalue weighted by atomic mass is 9.46. The lowest BCUT2D eigenvalue weighted by molar-refractivity contribution is -0.0124. The van der Waals surface area contributed by atoms with Crippen LogP contribution in [0.1, 0.15) is 57.4 Å². The van der Waals surface area contributed by atoms with Gasteiger partial charge in [0.05, 0.1) is 0 Å².